The van der Waals surface area contributed by atoms with E-state index in [1.165, 1.54) is 13.1 Å². The Kier molecular flexibility index (Phi) is 10.0. The number of ketones is 1. The number of carbonyl (C=O) groups excluding carboxylic acids is 2. The minimum atomic E-state index is -4.32. The van der Waals surface area contributed by atoms with Crippen LogP contribution in [0.4, 0.5) is 4.39 Å². The average Bonchev–Trinajstić information content (AvgIpc) is 3.29. The van der Waals surface area contributed by atoms with E-state index < -0.39 is 66.7 Å². The Labute approximate surface area is 267 Å². The number of aromatic nitrogens is 2. The SMILES string of the molecule is CC(=O)CCC(=O)O[C@H]1C[C@H](n2cc(I)c(=O)[nH]c2=O)O[C@@H]1COP1(=O)OCc2c(F)c(C(C)(C)C)cc(C(C)(C)C)c2O1. The first kappa shape index (κ1) is 34.5. The molecule has 0 aliphatic carbocycles. The Bertz CT molecular complexity index is 1620. The second kappa shape index (κ2) is 12.8. The summed E-state index contributed by atoms with van der Waals surface area (Å²) in [5, 5.41) is 0. The normalized spacial score (nSPS) is 23.6. The summed E-state index contributed by atoms with van der Waals surface area (Å²) in [6, 6.07) is 1.72. The van der Waals surface area contributed by atoms with Gasteiger partial charge in [0.1, 0.15) is 35.8 Å². The zero-order valence-corrected chi connectivity index (χ0v) is 28.7. The number of halogens is 2. The van der Waals surface area contributed by atoms with Crippen molar-refractivity contribution in [3.8, 4) is 5.75 Å². The molecule has 2 aliphatic heterocycles. The van der Waals surface area contributed by atoms with Crippen molar-refractivity contribution in [3.63, 3.8) is 0 Å². The van der Waals surface area contributed by atoms with Crippen molar-refractivity contribution in [2.45, 2.75) is 104 Å². The standard InChI is InChI=1S/C29H37FIN2O10P/c1-15(34)8-9-23(35)42-20-11-22(33-12-19(31)26(36)32-27(33)37)41-21(20)14-40-44(38)39-13-16-24(30)17(28(2,3)4)10-18(25(16)43-44)29(5,6)7/h10,12,20-22H,8-9,11,13-14H2,1-7H3,(H,32,36,37)/t20-,21+,22+,44?/m0/s1. The van der Waals surface area contributed by atoms with Gasteiger partial charge in [0.2, 0.25) is 0 Å². The number of benzene rings is 1. The molecule has 0 amide bonds. The van der Waals surface area contributed by atoms with Crippen molar-refractivity contribution in [1.29, 1.82) is 0 Å². The first-order valence-electron chi connectivity index (χ1n) is 14.1. The summed E-state index contributed by atoms with van der Waals surface area (Å²) in [7, 11) is -4.32. The third kappa shape index (κ3) is 7.69. The molecule has 0 saturated carbocycles. The fraction of sp³-hybridized carbons (Fsp3) is 0.586. The Morgan fingerprint density at radius 3 is 2.41 bits per heavy atom. The third-order valence-corrected chi connectivity index (χ3v) is 9.36. The molecular formula is C29H37FIN2O10P. The highest BCUT2D eigenvalue weighted by atomic mass is 127. The Morgan fingerprint density at radius 2 is 1.80 bits per heavy atom. The van der Waals surface area contributed by atoms with Gasteiger partial charge in [0.15, 0.2) is 0 Å². The molecule has 15 heteroatoms. The van der Waals surface area contributed by atoms with Crippen molar-refractivity contribution >= 4 is 42.2 Å². The summed E-state index contributed by atoms with van der Waals surface area (Å²) in [6.45, 7) is 12.0. The molecule has 4 rings (SSSR count). The molecule has 0 spiro atoms. The Balaban J connectivity index is 1.59. The van der Waals surface area contributed by atoms with Crippen LogP contribution in [0, 0.1) is 9.39 Å². The molecule has 4 atom stereocenters. The number of hydrogen-bond acceptors (Lipinski definition) is 10. The van der Waals surface area contributed by atoms with Gasteiger partial charge in [0.25, 0.3) is 5.56 Å². The number of aromatic amines is 1. The number of esters is 1. The molecule has 44 heavy (non-hydrogen) atoms. The first-order chi connectivity index (χ1) is 20.3. The summed E-state index contributed by atoms with van der Waals surface area (Å²) in [4.78, 5) is 50.4. The van der Waals surface area contributed by atoms with E-state index >= 15 is 4.39 Å². The van der Waals surface area contributed by atoms with Gasteiger partial charge in [-0.3, -0.25) is 28.2 Å². The molecule has 3 heterocycles. The Morgan fingerprint density at radius 1 is 1.14 bits per heavy atom. The van der Waals surface area contributed by atoms with E-state index in [2.05, 4.69) is 4.98 Å². The number of H-pyrrole nitrogens is 1. The number of nitrogens with zero attached hydrogens (tertiary/aromatic N) is 1. The lowest BCUT2D eigenvalue weighted by atomic mass is 9.78. The van der Waals surface area contributed by atoms with Crippen LogP contribution in [0.1, 0.15) is 90.6 Å². The summed E-state index contributed by atoms with van der Waals surface area (Å²) in [5.41, 5.74) is -1.09. The topological polar surface area (TPSA) is 152 Å². The maximum Gasteiger partial charge on any atom is 0.530 e. The largest absolute Gasteiger partial charge is 0.530 e. The van der Waals surface area contributed by atoms with Crippen molar-refractivity contribution in [3.05, 3.63) is 59.2 Å². The molecule has 1 fully saturated rings. The smallest absolute Gasteiger partial charge is 0.459 e. The van der Waals surface area contributed by atoms with Crippen molar-refractivity contribution in [1.82, 2.24) is 9.55 Å². The third-order valence-electron chi connectivity index (χ3n) is 7.27. The zero-order chi connectivity index (χ0) is 32.8. The number of ether oxygens (including phenoxy) is 2. The molecule has 1 N–H and O–H groups in total. The fourth-order valence-corrected chi connectivity index (χ4v) is 6.53. The van der Waals surface area contributed by atoms with E-state index in [4.69, 9.17) is 23.0 Å². The molecule has 242 valence electrons. The van der Waals surface area contributed by atoms with Crippen molar-refractivity contribution in [2.24, 2.45) is 0 Å². The van der Waals surface area contributed by atoms with Gasteiger partial charge < -0.3 is 18.8 Å². The van der Waals surface area contributed by atoms with Crippen LogP contribution >= 0.6 is 30.4 Å². The van der Waals surface area contributed by atoms with Crippen LogP contribution < -0.4 is 15.8 Å². The van der Waals surface area contributed by atoms with Gasteiger partial charge in [-0.05, 0) is 52.0 Å². The van der Waals surface area contributed by atoms with Gasteiger partial charge in [-0.2, -0.15) is 0 Å². The molecule has 1 aromatic carbocycles. The van der Waals surface area contributed by atoms with Crippen LogP contribution in [0.2, 0.25) is 0 Å². The molecule has 0 bridgehead atoms. The fourth-order valence-electron chi connectivity index (χ4n) is 4.87. The second-order valence-electron chi connectivity index (χ2n) is 12.9. The van der Waals surface area contributed by atoms with Crippen LogP contribution in [-0.4, -0.2) is 40.1 Å². The lowest BCUT2D eigenvalue weighted by Gasteiger charge is -2.34. The second-order valence-corrected chi connectivity index (χ2v) is 15.7. The van der Waals surface area contributed by atoms with Crippen LogP contribution in [0.5, 0.6) is 5.75 Å². The van der Waals surface area contributed by atoms with E-state index in [0.717, 1.165) is 4.57 Å². The van der Waals surface area contributed by atoms with E-state index in [1.54, 1.807) is 28.7 Å². The van der Waals surface area contributed by atoms with Crippen LogP contribution in [0.25, 0.3) is 0 Å². The molecule has 1 saturated heterocycles. The first-order valence-corrected chi connectivity index (χ1v) is 16.6. The quantitative estimate of drug-likeness (QED) is 0.217. The number of rotatable bonds is 8. The summed E-state index contributed by atoms with van der Waals surface area (Å²) >= 11 is 1.77. The van der Waals surface area contributed by atoms with Gasteiger partial charge in [-0.25, -0.2) is 13.8 Å². The van der Waals surface area contributed by atoms with Crippen LogP contribution in [0.3, 0.4) is 0 Å². The van der Waals surface area contributed by atoms with Gasteiger partial charge in [-0.15, -0.1) is 0 Å². The summed E-state index contributed by atoms with van der Waals surface area (Å²) < 4.78 is 59.3. The van der Waals surface area contributed by atoms with Crippen molar-refractivity contribution in [2.75, 3.05) is 6.61 Å². The number of nitrogens with one attached hydrogen (secondary N) is 1. The maximum absolute atomic E-state index is 15.6. The molecule has 2 aromatic rings. The minimum absolute atomic E-state index is 0.00825. The highest BCUT2D eigenvalue weighted by molar-refractivity contribution is 14.1. The molecule has 1 aromatic heterocycles. The van der Waals surface area contributed by atoms with Gasteiger partial charge >= 0.3 is 19.5 Å². The lowest BCUT2D eigenvalue weighted by molar-refractivity contribution is -0.153. The number of phosphoric ester groups is 1. The van der Waals surface area contributed by atoms with Gasteiger partial charge in [-0.1, -0.05) is 41.5 Å². The van der Waals surface area contributed by atoms with Crippen LogP contribution in [0.15, 0.2) is 21.9 Å². The highest BCUT2D eigenvalue weighted by Gasteiger charge is 2.45. The molecule has 12 nitrogen and oxygen atoms in total. The summed E-state index contributed by atoms with van der Waals surface area (Å²) in [6.07, 6.45) is -1.87. The van der Waals surface area contributed by atoms with Gasteiger partial charge in [0.05, 0.1) is 28.8 Å². The molecule has 2 aliphatic rings. The number of fused-ring (bicyclic) bond motifs is 1. The Hall–Kier alpha value is -2.39. The number of carbonyl (C=O) groups is 2. The minimum Gasteiger partial charge on any atom is -0.459 e. The molecule has 1 unspecified atom stereocenters. The predicted octanol–water partition coefficient (Wildman–Crippen LogP) is 5.18. The van der Waals surface area contributed by atoms with E-state index in [1.807, 2.05) is 41.5 Å². The highest BCUT2D eigenvalue weighted by Crippen LogP contribution is 2.58. The van der Waals surface area contributed by atoms with E-state index in [0.29, 0.717) is 11.1 Å². The number of phosphoric acid groups is 1. The monoisotopic (exact) mass is 750 g/mol. The predicted molar refractivity (Wildman–Crippen MR) is 165 cm³/mol. The zero-order valence-electron chi connectivity index (χ0n) is 25.7. The van der Waals surface area contributed by atoms with Crippen LogP contribution in [-0.2, 0) is 50.1 Å². The van der Waals surface area contributed by atoms with Gasteiger partial charge in [0, 0.05) is 24.6 Å². The van der Waals surface area contributed by atoms with Crippen molar-refractivity contribution < 1.29 is 41.6 Å². The maximum atomic E-state index is 15.6. The van der Waals surface area contributed by atoms with E-state index in [-0.39, 0.29) is 46.5 Å². The summed E-state index contributed by atoms with van der Waals surface area (Å²) in [5.74, 6) is -1.28. The lowest BCUT2D eigenvalue weighted by Crippen LogP contribution is -2.33. The van der Waals surface area contributed by atoms with E-state index in [9.17, 15) is 23.7 Å². The number of Topliss-reactive ketones (excluding diaryl/α,β-unsaturated/α-hetero) is 1. The molecular weight excluding hydrogens is 713 g/mol. The molecule has 0 radical (unpaired) electrons. The average molecular weight is 750 g/mol. The number of hydrogen-bond donors (Lipinski definition) is 1.